The van der Waals surface area contributed by atoms with Crippen LogP contribution in [0.3, 0.4) is 0 Å². The van der Waals surface area contributed by atoms with Gasteiger partial charge in [0.15, 0.2) is 12.0 Å². The van der Waals surface area contributed by atoms with Gasteiger partial charge in [0.25, 0.3) is 5.91 Å². The maximum absolute atomic E-state index is 12.1. The molecule has 118 valence electrons. The fourth-order valence-electron chi connectivity index (χ4n) is 2.75. The summed E-state index contributed by atoms with van der Waals surface area (Å²) in [4.78, 5) is 32.0. The van der Waals surface area contributed by atoms with Crippen molar-refractivity contribution >= 4 is 17.9 Å². The summed E-state index contributed by atoms with van der Waals surface area (Å²) in [5, 5.41) is 5.63. The van der Waals surface area contributed by atoms with Gasteiger partial charge < -0.3 is 15.1 Å². The Morgan fingerprint density at radius 1 is 1.19 bits per heavy atom. The molecule has 2 aliphatic rings. The lowest BCUT2D eigenvalue weighted by Crippen LogP contribution is -2.64. The summed E-state index contributed by atoms with van der Waals surface area (Å²) in [6.45, 7) is 5.72. The van der Waals surface area contributed by atoms with E-state index in [4.69, 9.17) is 0 Å². The lowest BCUT2D eigenvalue weighted by Gasteiger charge is -2.35. The fourth-order valence-corrected chi connectivity index (χ4v) is 2.75. The van der Waals surface area contributed by atoms with Crippen molar-refractivity contribution in [3.63, 3.8) is 0 Å². The van der Waals surface area contributed by atoms with Crippen LogP contribution in [0.5, 0.6) is 0 Å². The number of guanidine groups is 1. The van der Waals surface area contributed by atoms with Crippen molar-refractivity contribution in [2.75, 3.05) is 20.1 Å². The number of hydrogen-bond acceptors (Lipinski definition) is 3. The lowest BCUT2D eigenvalue weighted by molar-refractivity contribution is -0.127. The van der Waals surface area contributed by atoms with E-state index in [1.807, 2.05) is 4.90 Å². The molecule has 21 heavy (non-hydrogen) atoms. The maximum atomic E-state index is 12.1. The van der Waals surface area contributed by atoms with E-state index >= 15 is 0 Å². The van der Waals surface area contributed by atoms with Gasteiger partial charge in [-0.2, -0.15) is 0 Å². The number of amides is 3. The number of hydrogen-bond donors (Lipinski definition) is 2. The Morgan fingerprint density at radius 2 is 1.95 bits per heavy atom. The van der Waals surface area contributed by atoms with Crippen LogP contribution in [0, 0.1) is 0 Å². The first-order valence-corrected chi connectivity index (χ1v) is 7.75. The Labute approximate surface area is 125 Å². The van der Waals surface area contributed by atoms with Gasteiger partial charge in [-0.25, -0.2) is 4.79 Å². The molecule has 0 aromatic rings. The van der Waals surface area contributed by atoms with E-state index in [-0.39, 0.29) is 18.1 Å². The van der Waals surface area contributed by atoms with Gasteiger partial charge in [-0.3, -0.25) is 15.1 Å². The minimum absolute atomic E-state index is 0.247. The molecule has 7 heteroatoms. The molecule has 2 fully saturated rings. The lowest BCUT2D eigenvalue weighted by atomic mass is 10.1. The first-order valence-electron chi connectivity index (χ1n) is 7.75. The van der Waals surface area contributed by atoms with Gasteiger partial charge in [0.2, 0.25) is 0 Å². The second-order valence-electron chi connectivity index (χ2n) is 5.55. The smallest absolute Gasteiger partial charge is 0.325 e. The molecule has 2 atom stereocenters. The molecule has 2 N–H and O–H groups in total. The van der Waals surface area contributed by atoms with Gasteiger partial charge >= 0.3 is 6.03 Å². The summed E-state index contributed by atoms with van der Waals surface area (Å²) in [6, 6.07) is -0.755. The van der Waals surface area contributed by atoms with Crippen molar-refractivity contribution < 1.29 is 9.59 Å². The molecule has 0 spiro atoms. The molecule has 0 radical (unpaired) electrons. The minimum atomic E-state index is -0.391. The van der Waals surface area contributed by atoms with Crippen molar-refractivity contribution in [1.82, 2.24) is 20.4 Å². The van der Waals surface area contributed by atoms with E-state index in [1.54, 1.807) is 7.05 Å². The van der Waals surface area contributed by atoms with Gasteiger partial charge in [-0.1, -0.05) is 26.7 Å². The number of nitrogens with zero attached hydrogens (tertiary/aromatic N) is 3. The van der Waals surface area contributed by atoms with Gasteiger partial charge in [-0.05, 0) is 12.8 Å². The molecule has 2 aliphatic heterocycles. The summed E-state index contributed by atoms with van der Waals surface area (Å²) in [5.41, 5.74) is 0. The number of nitrogens with one attached hydrogen (secondary N) is 2. The number of carbonyl (C=O) groups excluding carboxylic acids is 2. The van der Waals surface area contributed by atoms with Crippen LogP contribution in [0.2, 0.25) is 0 Å². The van der Waals surface area contributed by atoms with Gasteiger partial charge in [0.1, 0.15) is 6.17 Å². The number of rotatable bonds is 6. The fraction of sp³-hybridized carbons (Fsp3) is 0.786. The number of unbranched alkanes of at least 4 members (excludes halogenated alkanes) is 2. The van der Waals surface area contributed by atoms with Crippen LogP contribution >= 0.6 is 0 Å². The van der Waals surface area contributed by atoms with E-state index in [9.17, 15) is 9.59 Å². The van der Waals surface area contributed by atoms with Crippen LogP contribution in [-0.2, 0) is 4.79 Å². The van der Waals surface area contributed by atoms with Crippen molar-refractivity contribution in [2.24, 2.45) is 4.99 Å². The van der Waals surface area contributed by atoms with E-state index in [1.165, 1.54) is 4.90 Å². The SMILES string of the molecule is CCCCCN=C1NC2C(C(=O)NC(=O)N2C)N1CCC. The van der Waals surface area contributed by atoms with E-state index in [0.29, 0.717) is 0 Å². The molecule has 0 aromatic carbocycles. The molecule has 0 bridgehead atoms. The summed E-state index contributed by atoms with van der Waals surface area (Å²) in [6.07, 6.45) is 3.93. The molecule has 7 nitrogen and oxygen atoms in total. The normalized spacial score (nSPS) is 26.9. The Morgan fingerprint density at radius 3 is 2.62 bits per heavy atom. The number of urea groups is 1. The highest BCUT2D eigenvalue weighted by Crippen LogP contribution is 2.20. The average Bonchev–Trinajstić information content (AvgIpc) is 2.81. The highest BCUT2D eigenvalue weighted by molar-refractivity contribution is 6.04. The highest BCUT2D eigenvalue weighted by Gasteiger charge is 2.49. The molecule has 2 unspecified atom stereocenters. The first-order chi connectivity index (χ1) is 10.1. The summed E-state index contributed by atoms with van der Waals surface area (Å²) in [7, 11) is 1.69. The summed E-state index contributed by atoms with van der Waals surface area (Å²) >= 11 is 0. The molecule has 2 heterocycles. The minimum Gasteiger partial charge on any atom is -0.334 e. The number of carbonyl (C=O) groups is 2. The van der Waals surface area contributed by atoms with Crippen LogP contribution < -0.4 is 10.6 Å². The van der Waals surface area contributed by atoms with Crippen LogP contribution in [0.25, 0.3) is 0 Å². The molecule has 0 saturated carbocycles. The van der Waals surface area contributed by atoms with Crippen molar-refractivity contribution in [2.45, 2.75) is 51.7 Å². The molecule has 3 amide bonds. The summed E-state index contributed by atoms with van der Waals surface area (Å²) < 4.78 is 0. The Bertz CT molecular complexity index is 437. The van der Waals surface area contributed by atoms with Crippen LogP contribution in [0.15, 0.2) is 4.99 Å². The van der Waals surface area contributed by atoms with Crippen LogP contribution in [0.4, 0.5) is 4.79 Å². The zero-order chi connectivity index (χ0) is 15.4. The maximum Gasteiger partial charge on any atom is 0.325 e. The monoisotopic (exact) mass is 295 g/mol. The van der Waals surface area contributed by atoms with Crippen molar-refractivity contribution in [1.29, 1.82) is 0 Å². The Balaban J connectivity index is 2.15. The van der Waals surface area contributed by atoms with Crippen molar-refractivity contribution in [3.05, 3.63) is 0 Å². The third-order valence-corrected chi connectivity index (χ3v) is 3.91. The van der Waals surface area contributed by atoms with Crippen molar-refractivity contribution in [3.8, 4) is 0 Å². The molecular weight excluding hydrogens is 270 g/mol. The predicted octanol–water partition coefficient (Wildman–Crippen LogP) is 0.724. The number of fused-ring (bicyclic) bond motifs is 1. The Kier molecular flexibility index (Phi) is 5.03. The third-order valence-electron chi connectivity index (χ3n) is 3.91. The third kappa shape index (κ3) is 3.11. The molecule has 2 saturated heterocycles. The van der Waals surface area contributed by atoms with Gasteiger partial charge in [0.05, 0.1) is 0 Å². The number of likely N-dealkylation sites (N-methyl/N-ethyl adjacent to an activating group) is 1. The van der Waals surface area contributed by atoms with E-state index < -0.39 is 6.04 Å². The second-order valence-corrected chi connectivity index (χ2v) is 5.55. The zero-order valence-corrected chi connectivity index (χ0v) is 13.1. The molecular formula is C14H25N5O2. The first kappa shape index (κ1) is 15.6. The van der Waals surface area contributed by atoms with E-state index in [0.717, 1.165) is 44.7 Å². The number of imide groups is 1. The standard InChI is InChI=1S/C14H25N5O2/c1-4-6-7-8-15-13-16-11-10(19(13)9-5-2)12(20)17-14(21)18(11)3/h10-11H,4-9H2,1-3H3,(H,15,16)(H,17,20,21). The quantitative estimate of drug-likeness (QED) is 0.708. The largest absolute Gasteiger partial charge is 0.334 e. The topological polar surface area (TPSA) is 77.0 Å². The second kappa shape index (κ2) is 6.78. The highest BCUT2D eigenvalue weighted by atomic mass is 16.2. The van der Waals surface area contributed by atoms with Gasteiger partial charge in [-0.15, -0.1) is 0 Å². The number of aliphatic imine (C=N–C) groups is 1. The Hall–Kier alpha value is -1.79. The molecule has 2 rings (SSSR count). The average molecular weight is 295 g/mol. The molecule has 0 aromatic heterocycles. The van der Waals surface area contributed by atoms with Crippen LogP contribution in [-0.4, -0.2) is 60.0 Å². The van der Waals surface area contributed by atoms with E-state index in [2.05, 4.69) is 29.5 Å². The van der Waals surface area contributed by atoms with Gasteiger partial charge in [0, 0.05) is 20.1 Å². The zero-order valence-electron chi connectivity index (χ0n) is 13.1. The molecule has 0 aliphatic carbocycles. The predicted molar refractivity (Wildman–Crippen MR) is 80.8 cm³/mol. The van der Waals surface area contributed by atoms with Crippen LogP contribution in [0.1, 0.15) is 39.5 Å². The summed E-state index contributed by atoms with van der Waals surface area (Å²) in [5.74, 6) is 0.488.